The molecule has 0 atom stereocenters. The van der Waals surface area contributed by atoms with Crippen LogP contribution in [0.15, 0.2) is 72.8 Å². The molecular weight excluding hydrogens is 404 g/mol. The monoisotopic (exact) mass is 422 g/mol. The summed E-state index contributed by atoms with van der Waals surface area (Å²) >= 11 is 5.85. The van der Waals surface area contributed by atoms with Crippen molar-refractivity contribution in [2.24, 2.45) is 0 Å². The fraction of sp³-hybridized carbons (Fsp3) is 0.0455. The Balaban J connectivity index is 1.52. The molecule has 152 valence electrons. The highest BCUT2D eigenvalue weighted by Crippen LogP contribution is 2.15. The molecule has 8 heteroatoms. The van der Waals surface area contributed by atoms with Crippen molar-refractivity contribution in [2.75, 3.05) is 10.6 Å². The SMILES string of the molecule is Cc1cccc(C(=O)Nc2ccc(C(=O)NNC(=O)Nc3cccc(Cl)c3)cc2)c1. The van der Waals surface area contributed by atoms with Gasteiger partial charge in [-0.05, 0) is 61.5 Å². The van der Waals surface area contributed by atoms with Crippen LogP contribution in [0.2, 0.25) is 5.02 Å². The lowest BCUT2D eigenvalue weighted by Gasteiger charge is -2.10. The highest BCUT2D eigenvalue weighted by Gasteiger charge is 2.10. The van der Waals surface area contributed by atoms with Gasteiger partial charge in [0, 0.05) is 27.5 Å². The first kappa shape index (κ1) is 20.9. The average molecular weight is 423 g/mol. The van der Waals surface area contributed by atoms with Crippen molar-refractivity contribution in [1.29, 1.82) is 0 Å². The van der Waals surface area contributed by atoms with E-state index in [1.807, 2.05) is 19.1 Å². The molecule has 0 unspecified atom stereocenters. The Hall–Kier alpha value is -3.84. The summed E-state index contributed by atoms with van der Waals surface area (Å²) in [4.78, 5) is 36.3. The molecule has 3 aromatic carbocycles. The summed E-state index contributed by atoms with van der Waals surface area (Å²) < 4.78 is 0. The van der Waals surface area contributed by atoms with Gasteiger partial charge in [0.25, 0.3) is 11.8 Å². The van der Waals surface area contributed by atoms with Gasteiger partial charge in [-0.1, -0.05) is 35.4 Å². The predicted octanol–water partition coefficient (Wildman–Crippen LogP) is 4.37. The zero-order valence-corrected chi connectivity index (χ0v) is 16.8. The number of hydrogen-bond acceptors (Lipinski definition) is 3. The molecule has 0 radical (unpaired) electrons. The molecule has 0 aliphatic heterocycles. The summed E-state index contributed by atoms with van der Waals surface area (Å²) in [5.74, 6) is -0.747. The Kier molecular flexibility index (Phi) is 6.67. The number of carbonyl (C=O) groups is 3. The van der Waals surface area contributed by atoms with Gasteiger partial charge >= 0.3 is 6.03 Å². The van der Waals surface area contributed by atoms with Crippen LogP contribution in [0, 0.1) is 6.92 Å². The molecule has 0 saturated heterocycles. The van der Waals surface area contributed by atoms with Gasteiger partial charge in [0.05, 0.1) is 0 Å². The topological polar surface area (TPSA) is 99.3 Å². The van der Waals surface area contributed by atoms with Crippen molar-refractivity contribution in [1.82, 2.24) is 10.9 Å². The number of hydrogen-bond donors (Lipinski definition) is 4. The van der Waals surface area contributed by atoms with Gasteiger partial charge in [0.15, 0.2) is 0 Å². The molecule has 4 amide bonds. The zero-order valence-electron chi connectivity index (χ0n) is 16.0. The van der Waals surface area contributed by atoms with Crippen LogP contribution in [0.4, 0.5) is 16.2 Å². The van der Waals surface area contributed by atoms with Gasteiger partial charge in [0.2, 0.25) is 0 Å². The minimum Gasteiger partial charge on any atom is -0.322 e. The Labute approximate surface area is 178 Å². The fourth-order valence-corrected chi connectivity index (χ4v) is 2.80. The van der Waals surface area contributed by atoms with Crippen molar-refractivity contribution in [3.63, 3.8) is 0 Å². The third-order valence-corrected chi connectivity index (χ3v) is 4.29. The Morgan fingerprint density at radius 1 is 0.700 bits per heavy atom. The Bertz CT molecular complexity index is 1080. The summed E-state index contributed by atoms with van der Waals surface area (Å²) in [5, 5.41) is 5.79. The van der Waals surface area contributed by atoms with Gasteiger partial charge in [-0.2, -0.15) is 0 Å². The van der Waals surface area contributed by atoms with Crippen LogP contribution >= 0.6 is 11.6 Å². The quantitative estimate of drug-likeness (QED) is 0.470. The zero-order chi connectivity index (χ0) is 21.5. The van der Waals surface area contributed by atoms with E-state index < -0.39 is 11.9 Å². The standard InChI is InChI=1S/C22H19ClN4O3/c1-14-4-2-5-16(12-14)20(28)24-18-10-8-15(9-11-18)21(29)26-27-22(30)25-19-7-3-6-17(23)13-19/h2-13H,1H3,(H,24,28)(H,26,29)(H2,25,27,30). The summed E-state index contributed by atoms with van der Waals surface area (Å²) in [6.07, 6.45) is 0. The van der Waals surface area contributed by atoms with E-state index in [1.54, 1.807) is 48.5 Å². The van der Waals surface area contributed by atoms with Crippen LogP contribution in [0.3, 0.4) is 0 Å². The predicted molar refractivity (Wildman–Crippen MR) is 117 cm³/mol. The normalized spacial score (nSPS) is 10.1. The van der Waals surface area contributed by atoms with Crippen LogP contribution < -0.4 is 21.5 Å². The van der Waals surface area contributed by atoms with Gasteiger partial charge in [-0.15, -0.1) is 0 Å². The van der Waals surface area contributed by atoms with Crippen molar-refractivity contribution >= 4 is 40.8 Å². The average Bonchev–Trinajstić information content (AvgIpc) is 2.72. The van der Waals surface area contributed by atoms with E-state index in [-0.39, 0.29) is 5.91 Å². The molecule has 0 bridgehead atoms. The number of rotatable bonds is 4. The number of halogens is 1. The van der Waals surface area contributed by atoms with Crippen molar-refractivity contribution in [3.8, 4) is 0 Å². The minimum absolute atomic E-state index is 0.241. The van der Waals surface area contributed by atoms with Gasteiger partial charge < -0.3 is 10.6 Å². The third kappa shape index (κ3) is 5.83. The van der Waals surface area contributed by atoms with E-state index in [1.165, 1.54) is 12.1 Å². The van der Waals surface area contributed by atoms with Crippen molar-refractivity contribution in [3.05, 3.63) is 94.5 Å². The molecule has 3 aromatic rings. The van der Waals surface area contributed by atoms with Crippen LogP contribution in [0.1, 0.15) is 26.3 Å². The van der Waals surface area contributed by atoms with Crippen molar-refractivity contribution in [2.45, 2.75) is 6.92 Å². The highest BCUT2D eigenvalue weighted by atomic mass is 35.5. The van der Waals surface area contributed by atoms with Gasteiger partial charge in [0.1, 0.15) is 0 Å². The molecular formula is C22H19ClN4O3. The van der Waals surface area contributed by atoms with Crippen LogP contribution in [0.25, 0.3) is 0 Å². The number of hydrazine groups is 1. The van der Waals surface area contributed by atoms with E-state index in [4.69, 9.17) is 11.6 Å². The first-order valence-corrected chi connectivity index (χ1v) is 9.39. The molecule has 0 aliphatic rings. The van der Waals surface area contributed by atoms with Crippen molar-refractivity contribution < 1.29 is 14.4 Å². The largest absolute Gasteiger partial charge is 0.337 e. The summed E-state index contributed by atoms with van der Waals surface area (Å²) in [6, 6.07) is 19.5. The minimum atomic E-state index is -0.618. The molecule has 0 heterocycles. The lowest BCUT2D eigenvalue weighted by molar-refractivity contribution is 0.0937. The number of aryl methyl sites for hydroxylation is 1. The lowest BCUT2D eigenvalue weighted by atomic mass is 10.1. The van der Waals surface area contributed by atoms with Gasteiger partial charge in [-0.25, -0.2) is 10.2 Å². The maximum Gasteiger partial charge on any atom is 0.337 e. The number of amides is 4. The maximum absolute atomic E-state index is 12.3. The molecule has 0 aromatic heterocycles. The molecule has 0 aliphatic carbocycles. The highest BCUT2D eigenvalue weighted by molar-refractivity contribution is 6.30. The van der Waals surface area contributed by atoms with Crippen LogP contribution in [-0.4, -0.2) is 17.8 Å². The molecule has 0 spiro atoms. The number of anilines is 2. The molecule has 7 nitrogen and oxygen atoms in total. The molecule has 0 fully saturated rings. The number of nitrogens with one attached hydrogen (secondary N) is 4. The second-order valence-corrected chi connectivity index (χ2v) is 6.88. The third-order valence-electron chi connectivity index (χ3n) is 4.06. The summed E-state index contributed by atoms with van der Waals surface area (Å²) in [6.45, 7) is 1.91. The number of benzene rings is 3. The van der Waals surface area contributed by atoms with E-state index in [2.05, 4.69) is 21.5 Å². The smallest absolute Gasteiger partial charge is 0.322 e. The van der Waals surface area contributed by atoms with E-state index in [9.17, 15) is 14.4 Å². The Morgan fingerprint density at radius 2 is 1.43 bits per heavy atom. The van der Waals surface area contributed by atoms with E-state index in [0.717, 1.165) is 5.56 Å². The lowest BCUT2D eigenvalue weighted by Crippen LogP contribution is -2.43. The summed E-state index contributed by atoms with van der Waals surface area (Å²) in [5.41, 5.74) is 7.45. The first-order chi connectivity index (χ1) is 14.4. The van der Waals surface area contributed by atoms with Crippen LogP contribution in [-0.2, 0) is 0 Å². The number of carbonyl (C=O) groups excluding carboxylic acids is 3. The maximum atomic E-state index is 12.3. The van der Waals surface area contributed by atoms with Gasteiger partial charge in [-0.3, -0.25) is 15.0 Å². The number of urea groups is 1. The second-order valence-electron chi connectivity index (χ2n) is 6.44. The fourth-order valence-electron chi connectivity index (χ4n) is 2.61. The summed E-state index contributed by atoms with van der Waals surface area (Å²) in [7, 11) is 0. The molecule has 30 heavy (non-hydrogen) atoms. The van der Waals surface area contributed by atoms with E-state index in [0.29, 0.717) is 27.5 Å². The molecule has 4 N–H and O–H groups in total. The second kappa shape index (κ2) is 9.58. The van der Waals surface area contributed by atoms with E-state index >= 15 is 0 Å². The van der Waals surface area contributed by atoms with Crippen LogP contribution in [0.5, 0.6) is 0 Å². The molecule has 0 saturated carbocycles. The Morgan fingerprint density at radius 3 is 2.13 bits per heavy atom. The first-order valence-electron chi connectivity index (χ1n) is 9.02. The molecule has 3 rings (SSSR count).